The zero-order valence-electron chi connectivity index (χ0n) is 24.4. The Balaban J connectivity index is 1.53. The van der Waals surface area contributed by atoms with Crippen LogP contribution in [0.5, 0.6) is 0 Å². The lowest BCUT2D eigenvalue weighted by Gasteiger charge is -2.12. The van der Waals surface area contributed by atoms with E-state index in [4.69, 9.17) is 9.72 Å². The molecule has 0 unspecified atom stereocenters. The highest BCUT2D eigenvalue weighted by Gasteiger charge is 2.26. The van der Waals surface area contributed by atoms with Crippen LogP contribution < -0.4 is 5.32 Å². The molecule has 0 fully saturated rings. The molecule has 5 rings (SSSR count). The minimum absolute atomic E-state index is 0.244. The van der Waals surface area contributed by atoms with E-state index in [2.05, 4.69) is 43.4 Å². The molecule has 5 nitrogen and oxygen atoms in total. The van der Waals surface area contributed by atoms with Crippen LogP contribution in [0.15, 0.2) is 54.6 Å². The predicted molar refractivity (Wildman–Crippen MR) is 169 cm³/mol. The molecule has 2 aromatic heterocycles. The molecule has 1 aliphatic carbocycles. The monoisotopic (exact) mass is 568 g/mol. The largest absolute Gasteiger partial charge is 0.465 e. The standard InChI is InChI=1S/C35H40N2O3S/c1-23(2)24-18-20-25(21-19-24)30-22-28(26-14-12-13-16-29(26)36-30)33(38)37-34-32(35(39)40-3)27-15-10-8-6-4-5-7-9-11-17-31(27)41-34/h12-14,16,18-23H,4-11,15,17H2,1-3H3,(H,37,38). The second-order valence-corrected chi connectivity index (χ2v) is 12.4. The highest BCUT2D eigenvalue weighted by atomic mass is 32.1. The fraction of sp³-hybridized carbons (Fsp3) is 0.400. The first kappa shape index (κ1) is 29.0. The van der Waals surface area contributed by atoms with E-state index in [0.717, 1.165) is 59.8 Å². The van der Waals surface area contributed by atoms with Gasteiger partial charge in [-0.15, -0.1) is 11.3 Å². The average molecular weight is 569 g/mol. The average Bonchev–Trinajstić information content (AvgIpc) is 3.32. The fourth-order valence-electron chi connectivity index (χ4n) is 5.75. The van der Waals surface area contributed by atoms with Gasteiger partial charge in [-0.25, -0.2) is 9.78 Å². The molecule has 0 atom stereocenters. The summed E-state index contributed by atoms with van der Waals surface area (Å²) < 4.78 is 5.24. The van der Waals surface area contributed by atoms with E-state index in [1.165, 1.54) is 49.7 Å². The van der Waals surface area contributed by atoms with E-state index in [9.17, 15) is 9.59 Å². The Morgan fingerprint density at radius 1 is 0.878 bits per heavy atom. The van der Waals surface area contributed by atoms with Crippen LogP contribution >= 0.6 is 11.3 Å². The number of para-hydroxylation sites is 1. The lowest BCUT2D eigenvalue weighted by atomic mass is 9.97. The number of benzene rings is 2. The van der Waals surface area contributed by atoms with Gasteiger partial charge in [0.25, 0.3) is 5.91 Å². The third-order valence-electron chi connectivity index (χ3n) is 8.12. The van der Waals surface area contributed by atoms with Crippen LogP contribution in [0, 0.1) is 0 Å². The van der Waals surface area contributed by atoms with Crippen molar-refractivity contribution in [2.24, 2.45) is 0 Å². The molecular formula is C35H40N2O3S. The van der Waals surface area contributed by atoms with E-state index < -0.39 is 0 Å². The number of aromatic nitrogens is 1. The number of carbonyl (C=O) groups is 2. The van der Waals surface area contributed by atoms with Gasteiger partial charge in [0.2, 0.25) is 0 Å². The van der Waals surface area contributed by atoms with Crippen molar-refractivity contribution in [3.63, 3.8) is 0 Å². The molecule has 0 spiro atoms. The maximum absolute atomic E-state index is 14.0. The summed E-state index contributed by atoms with van der Waals surface area (Å²) in [4.78, 5) is 33.2. The zero-order valence-corrected chi connectivity index (χ0v) is 25.2. The minimum Gasteiger partial charge on any atom is -0.465 e. The number of amides is 1. The first-order chi connectivity index (χ1) is 20.0. The van der Waals surface area contributed by atoms with Gasteiger partial charge in [0.1, 0.15) is 5.00 Å². The summed E-state index contributed by atoms with van der Waals surface area (Å²) >= 11 is 1.54. The lowest BCUT2D eigenvalue weighted by molar-refractivity contribution is 0.0601. The van der Waals surface area contributed by atoms with E-state index in [-0.39, 0.29) is 11.9 Å². The van der Waals surface area contributed by atoms with Crippen LogP contribution in [0.3, 0.4) is 0 Å². The number of ether oxygens (including phenoxy) is 1. The van der Waals surface area contributed by atoms with Gasteiger partial charge in [0.15, 0.2) is 0 Å². The van der Waals surface area contributed by atoms with Crippen molar-refractivity contribution >= 4 is 39.1 Å². The van der Waals surface area contributed by atoms with E-state index in [1.807, 2.05) is 30.3 Å². The van der Waals surface area contributed by atoms with Gasteiger partial charge < -0.3 is 10.1 Å². The molecule has 2 heterocycles. The summed E-state index contributed by atoms with van der Waals surface area (Å²) in [6.07, 6.45) is 11.3. The third-order valence-corrected chi connectivity index (χ3v) is 9.33. The molecule has 214 valence electrons. The van der Waals surface area contributed by atoms with Crippen molar-refractivity contribution in [2.45, 2.75) is 84.0 Å². The first-order valence-electron chi connectivity index (χ1n) is 15.0. The molecule has 0 aliphatic heterocycles. The summed E-state index contributed by atoms with van der Waals surface area (Å²) in [6, 6.07) is 18.0. The smallest absolute Gasteiger partial charge is 0.341 e. The Morgan fingerprint density at radius 3 is 2.22 bits per heavy atom. The number of esters is 1. The number of hydrogen-bond acceptors (Lipinski definition) is 5. The van der Waals surface area contributed by atoms with Crippen molar-refractivity contribution in [3.8, 4) is 11.3 Å². The van der Waals surface area contributed by atoms with Gasteiger partial charge in [0, 0.05) is 15.8 Å². The zero-order chi connectivity index (χ0) is 28.8. The molecule has 0 radical (unpaired) electrons. The molecule has 0 saturated carbocycles. The fourth-order valence-corrected chi connectivity index (χ4v) is 7.03. The van der Waals surface area contributed by atoms with Gasteiger partial charge in [-0.05, 0) is 54.9 Å². The van der Waals surface area contributed by atoms with Gasteiger partial charge in [-0.3, -0.25) is 4.79 Å². The SMILES string of the molecule is COC(=O)c1c(NC(=O)c2cc(-c3ccc(C(C)C)cc3)nc3ccccc23)sc2c1CCCCCCCCCC2. The highest BCUT2D eigenvalue weighted by molar-refractivity contribution is 7.17. The maximum Gasteiger partial charge on any atom is 0.341 e. The van der Waals surface area contributed by atoms with E-state index >= 15 is 0 Å². The maximum atomic E-state index is 14.0. The normalized spacial score (nSPS) is 14.6. The predicted octanol–water partition coefficient (Wildman–Crippen LogP) is 9.34. The van der Waals surface area contributed by atoms with Crippen LogP contribution in [-0.2, 0) is 17.6 Å². The van der Waals surface area contributed by atoms with Gasteiger partial charge >= 0.3 is 5.97 Å². The second-order valence-electron chi connectivity index (χ2n) is 11.3. The van der Waals surface area contributed by atoms with E-state index in [0.29, 0.717) is 22.0 Å². The summed E-state index contributed by atoms with van der Waals surface area (Å²) in [5.74, 6) is -0.187. The van der Waals surface area contributed by atoms with Crippen LogP contribution in [-0.4, -0.2) is 24.0 Å². The summed E-state index contributed by atoms with van der Waals surface area (Å²) in [5, 5.41) is 4.51. The number of thiophene rings is 1. The number of nitrogens with one attached hydrogen (secondary N) is 1. The van der Waals surface area contributed by atoms with Crippen molar-refractivity contribution < 1.29 is 14.3 Å². The third kappa shape index (κ3) is 6.70. The molecule has 0 saturated heterocycles. The second kappa shape index (κ2) is 13.4. The Bertz CT molecular complexity index is 1520. The molecule has 4 aromatic rings. The summed E-state index contributed by atoms with van der Waals surface area (Å²) in [6.45, 7) is 4.35. The van der Waals surface area contributed by atoms with Gasteiger partial charge in [-0.1, -0.05) is 94.8 Å². The molecule has 6 heteroatoms. The highest BCUT2D eigenvalue weighted by Crippen LogP contribution is 2.38. The van der Waals surface area contributed by atoms with Crippen molar-refractivity contribution in [1.82, 2.24) is 4.98 Å². The molecule has 41 heavy (non-hydrogen) atoms. The summed E-state index contributed by atoms with van der Waals surface area (Å²) in [5.41, 5.74) is 5.85. The number of anilines is 1. The van der Waals surface area contributed by atoms with Crippen LogP contribution in [0.2, 0.25) is 0 Å². The van der Waals surface area contributed by atoms with E-state index in [1.54, 1.807) is 11.3 Å². The lowest BCUT2D eigenvalue weighted by Crippen LogP contribution is -2.15. The first-order valence-corrected chi connectivity index (χ1v) is 15.8. The molecular weight excluding hydrogens is 528 g/mol. The number of carbonyl (C=O) groups excluding carboxylic acids is 2. The van der Waals surface area contributed by atoms with Gasteiger partial charge in [0.05, 0.1) is 29.4 Å². The number of hydrogen-bond donors (Lipinski definition) is 1. The van der Waals surface area contributed by atoms with Crippen LogP contribution in [0.1, 0.15) is 108 Å². The Labute approximate surface area is 247 Å². The number of fused-ring (bicyclic) bond motifs is 2. The molecule has 1 amide bonds. The minimum atomic E-state index is -0.379. The number of nitrogens with zero attached hydrogens (tertiary/aromatic N) is 1. The Kier molecular flexibility index (Phi) is 9.50. The number of methoxy groups -OCH3 is 1. The summed E-state index contributed by atoms with van der Waals surface area (Å²) in [7, 11) is 1.42. The molecule has 1 N–H and O–H groups in total. The number of rotatable bonds is 5. The molecule has 1 aliphatic rings. The van der Waals surface area contributed by atoms with Crippen molar-refractivity contribution in [1.29, 1.82) is 0 Å². The number of aryl methyl sites for hydroxylation is 1. The van der Waals surface area contributed by atoms with Crippen LogP contribution in [0.4, 0.5) is 5.00 Å². The molecule has 0 bridgehead atoms. The quantitative estimate of drug-likeness (QED) is 0.244. The Morgan fingerprint density at radius 2 is 1.54 bits per heavy atom. The van der Waals surface area contributed by atoms with Crippen molar-refractivity contribution in [3.05, 3.63) is 81.7 Å². The van der Waals surface area contributed by atoms with Crippen molar-refractivity contribution in [2.75, 3.05) is 12.4 Å². The van der Waals surface area contributed by atoms with Gasteiger partial charge in [-0.2, -0.15) is 0 Å². The number of pyridine rings is 1. The Hall–Kier alpha value is -3.51. The molecule has 2 aromatic carbocycles. The topological polar surface area (TPSA) is 68.3 Å². The van der Waals surface area contributed by atoms with Crippen LogP contribution in [0.25, 0.3) is 22.2 Å².